The summed E-state index contributed by atoms with van der Waals surface area (Å²) in [7, 11) is 1.58. The van der Waals surface area contributed by atoms with Crippen LogP contribution in [0.5, 0.6) is 17.2 Å². The van der Waals surface area contributed by atoms with Gasteiger partial charge in [0.1, 0.15) is 5.75 Å². The first-order valence-corrected chi connectivity index (χ1v) is 9.44. The number of methoxy groups -OCH3 is 1. The van der Waals surface area contributed by atoms with Gasteiger partial charge in [-0.1, -0.05) is 24.3 Å². The van der Waals surface area contributed by atoms with Crippen LogP contribution in [0.1, 0.15) is 25.0 Å². The molecule has 0 heterocycles. The fraction of sp³-hybridized carbons (Fsp3) is 0.348. The van der Waals surface area contributed by atoms with Gasteiger partial charge in [0.25, 0.3) is 5.91 Å². The van der Waals surface area contributed by atoms with Crippen LogP contribution in [0.2, 0.25) is 0 Å². The van der Waals surface area contributed by atoms with Crippen molar-refractivity contribution in [3.8, 4) is 17.2 Å². The van der Waals surface area contributed by atoms with Crippen LogP contribution in [0.4, 0.5) is 0 Å². The van der Waals surface area contributed by atoms with Crippen LogP contribution in [0.15, 0.2) is 55.1 Å². The van der Waals surface area contributed by atoms with Crippen LogP contribution in [-0.4, -0.2) is 32.3 Å². The summed E-state index contributed by atoms with van der Waals surface area (Å²) in [4.78, 5) is 12.0. The topological polar surface area (TPSA) is 56.8 Å². The molecule has 0 aliphatic carbocycles. The van der Waals surface area contributed by atoms with Crippen molar-refractivity contribution in [1.29, 1.82) is 0 Å². The molecule has 0 radical (unpaired) electrons. The minimum absolute atomic E-state index is 0.0572. The fourth-order valence-electron chi connectivity index (χ4n) is 2.67. The Morgan fingerprint density at radius 3 is 2.46 bits per heavy atom. The number of hydrogen-bond donors (Lipinski definition) is 1. The summed E-state index contributed by atoms with van der Waals surface area (Å²) >= 11 is 0. The summed E-state index contributed by atoms with van der Waals surface area (Å²) in [5, 5.41) is 2.87. The Morgan fingerprint density at radius 2 is 1.82 bits per heavy atom. The molecule has 1 N–H and O–H groups in total. The molecule has 28 heavy (non-hydrogen) atoms. The number of allylic oxidation sites excluding steroid dienone is 1. The molecule has 2 aromatic carbocycles. The molecule has 2 rings (SSSR count). The first-order valence-electron chi connectivity index (χ1n) is 9.44. The lowest BCUT2D eigenvalue weighted by atomic mass is 10.1. The van der Waals surface area contributed by atoms with Crippen molar-refractivity contribution in [2.75, 3.05) is 20.3 Å². The molecule has 0 spiro atoms. The zero-order valence-corrected chi connectivity index (χ0v) is 16.9. The van der Waals surface area contributed by atoms with Gasteiger partial charge in [0.2, 0.25) is 0 Å². The highest BCUT2D eigenvalue weighted by Crippen LogP contribution is 2.28. The van der Waals surface area contributed by atoms with Crippen LogP contribution in [0, 0.1) is 0 Å². The number of carbonyl (C=O) groups is 1. The Kier molecular flexibility index (Phi) is 8.40. The van der Waals surface area contributed by atoms with E-state index in [1.807, 2.05) is 62.4 Å². The molecule has 2 aromatic rings. The molecule has 0 aliphatic rings. The third-order valence-electron chi connectivity index (χ3n) is 4.00. The molecule has 0 bridgehead atoms. The van der Waals surface area contributed by atoms with Gasteiger partial charge in [0.15, 0.2) is 18.1 Å². The molecule has 5 nitrogen and oxygen atoms in total. The maximum absolute atomic E-state index is 12.0. The molecule has 1 amide bonds. The molecule has 5 heteroatoms. The lowest BCUT2D eigenvalue weighted by Gasteiger charge is -2.12. The maximum Gasteiger partial charge on any atom is 0.257 e. The fourth-order valence-corrected chi connectivity index (χ4v) is 2.67. The van der Waals surface area contributed by atoms with E-state index < -0.39 is 0 Å². The molecular weight excluding hydrogens is 354 g/mol. The second-order valence-corrected chi connectivity index (χ2v) is 6.68. The Hall–Kier alpha value is -2.95. The SMILES string of the molecule is C=CCc1ccc(OCC(=O)NCCc2ccc(OC(C)C)cc2)c(OC)c1. The Labute approximate surface area is 167 Å². The van der Waals surface area contributed by atoms with Crippen LogP contribution in [-0.2, 0) is 17.6 Å². The number of rotatable bonds is 11. The molecule has 0 atom stereocenters. The van der Waals surface area contributed by atoms with Gasteiger partial charge in [-0.05, 0) is 62.1 Å². The third kappa shape index (κ3) is 6.99. The summed E-state index contributed by atoms with van der Waals surface area (Å²) in [5.41, 5.74) is 2.21. The maximum atomic E-state index is 12.0. The van der Waals surface area contributed by atoms with Gasteiger partial charge < -0.3 is 19.5 Å². The normalized spacial score (nSPS) is 10.4. The van der Waals surface area contributed by atoms with Gasteiger partial charge in [-0.3, -0.25) is 4.79 Å². The van der Waals surface area contributed by atoms with E-state index in [-0.39, 0.29) is 18.6 Å². The monoisotopic (exact) mass is 383 g/mol. The lowest BCUT2D eigenvalue weighted by Crippen LogP contribution is -2.30. The third-order valence-corrected chi connectivity index (χ3v) is 4.00. The molecular formula is C23H29NO4. The van der Waals surface area contributed by atoms with Crippen molar-refractivity contribution < 1.29 is 19.0 Å². The highest BCUT2D eigenvalue weighted by atomic mass is 16.5. The Bertz CT molecular complexity index is 769. The van der Waals surface area contributed by atoms with E-state index in [4.69, 9.17) is 14.2 Å². The van der Waals surface area contributed by atoms with E-state index >= 15 is 0 Å². The quantitative estimate of drug-likeness (QED) is 0.597. The summed E-state index contributed by atoms with van der Waals surface area (Å²) < 4.78 is 16.6. The second-order valence-electron chi connectivity index (χ2n) is 6.68. The Morgan fingerprint density at radius 1 is 1.11 bits per heavy atom. The largest absolute Gasteiger partial charge is 0.493 e. The number of hydrogen-bond acceptors (Lipinski definition) is 4. The van der Waals surface area contributed by atoms with Crippen molar-refractivity contribution in [3.63, 3.8) is 0 Å². The molecule has 0 saturated heterocycles. The average molecular weight is 383 g/mol. The second kappa shape index (κ2) is 11.0. The van der Waals surface area contributed by atoms with E-state index in [0.29, 0.717) is 18.0 Å². The first kappa shape index (κ1) is 21.4. The van der Waals surface area contributed by atoms with Crippen molar-refractivity contribution >= 4 is 5.91 Å². The van der Waals surface area contributed by atoms with Gasteiger partial charge in [0.05, 0.1) is 13.2 Å². The van der Waals surface area contributed by atoms with Gasteiger partial charge in [0, 0.05) is 6.54 Å². The minimum atomic E-state index is -0.169. The van der Waals surface area contributed by atoms with Crippen LogP contribution < -0.4 is 19.5 Å². The number of amides is 1. The van der Waals surface area contributed by atoms with Crippen molar-refractivity contribution in [2.24, 2.45) is 0 Å². The molecule has 0 aromatic heterocycles. The summed E-state index contributed by atoms with van der Waals surface area (Å²) in [6.07, 6.45) is 3.48. The standard InChI is InChI=1S/C23H29NO4/c1-5-6-19-9-12-21(22(15-19)26-4)27-16-23(25)24-14-13-18-7-10-20(11-8-18)28-17(2)3/h5,7-12,15,17H,1,6,13-14,16H2,2-4H3,(H,24,25). The molecule has 0 fully saturated rings. The van der Waals surface area contributed by atoms with Crippen LogP contribution >= 0.6 is 0 Å². The zero-order chi connectivity index (χ0) is 20.4. The average Bonchev–Trinajstić information content (AvgIpc) is 2.68. The van der Waals surface area contributed by atoms with E-state index in [9.17, 15) is 4.79 Å². The summed E-state index contributed by atoms with van der Waals surface area (Å²) in [6.45, 7) is 8.21. The van der Waals surface area contributed by atoms with E-state index in [1.165, 1.54) is 0 Å². The Balaban J connectivity index is 1.76. The van der Waals surface area contributed by atoms with Crippen molar-refractivity contribution in [1.82, 2.24) is 5.32 Å². The van der Waals surface area contributed by atoms with Crippen molar-refractivity contribution in [3.05, 3.63) is 66.2 Å². The molecule has 150 valence electrons. The minimum Gasteiger partial charge on any atom is -0.493 e. The predicted molar refractivity (Wildman–Crippen MR) is 111 cm³/mol. The van der Waals surface area contributed by atoms with Crippen LogP contribution in [0.25, 0.3) is 0 Å². The van der Waals surface area contributed by atoms with Gasteiger partial charge in [-0.15, -0.1) is 6.58 Å². The number of carbonyl (C=O) groups excluding carboxylic acids is 1. The van der Waals surface area contributed by atoms with E-state index in [1.54, 1.807) is 7.11 Å². The number of ether oxygens (including phenoxy) is 3. The van der Waals surface area contributed by atoms with Gasteiger partial charge >= 0.3 is 0 Å². The summed E-state index contributed by atoms with van der Waals surface area (Å²) in [6, 6.07) is 13.6. The first-order chi connectivity index (χ1) is 13.5. The van der Waals surface area contributed by atoms with Crippen molar-refractivity contribution in [2.45, 2.75) is 32.8 Å². The molecule has 0 unspecified atom stereocenters. The molecule has 0 saturated carbocycles. The van der Waals surface area contributed by atoms with Gasteiger partial charge in [-0.25, -0.2) is 0 Å². The van der Waals surface area contributed by atoms with Gasteiger partial charge in [-0.2, -0.15) is 0 Å². The van der Waals surface area contributed by atoms with E-state index in [2.05, 4.69) is 11.9 Å². The number of nitrogens with one attached hydrogen (secondary N) is 1. The van der Waals surface area contributed by atoms with E-state index in [0.717, 1.165) is 29.7 Å². The highest BCUT2D eigenvalue weighted by Gasteiger charge is 2.08. The smallest absolute Gasteiger partial charge is 0.257 e. The predicted octanol–water partition coefficient (Wildman–Crippen LogP) is 3.95. The summed E-state index contributed by atoms with van der Waals surface area (Å²) in [5.74, 6) is 1.84. The zero-order valence-electron chi connectivity index (χ0n) is 16.9. The lowest BCUT2D eigenvalue weighted by molar-refractivity contribution is -0.123. The highest BCUT2D eigenvalue weighted by molar-refractivity contribution is 5.77. The molecule has 0 aliphatic heterocycles. The number of benzene rings is 2. The van der Waals surface area contributed by atoms with Crippen LogP contribution in [0.3, 0.4) is 0 Å².